The number of benzene rings is 1. The van der Waals surface area contributed by atoms with Crippen LogP contribution in [-0.4, -0.2) is 16.7 Å². The highest BCUT2D eigenvalue weighted by Gasteiger charge is 2.35. The van der Waals surface area contributed by atoms with Crippen molar-refractivity contribution in [2.45, 2.75) is 6.54 Å². The second kappa shape index (κ2) is 4.19. The zero-order valence-corrected chi connectivity index (χ0v) is 10.7. The largest absolute Gasteiger partial charge is 0.299 e. The first kappa shape index (κ1) is 11.4. The van der Waals surface area contributed by atoms with Crippen molar-refractivity contribution in [1.29, 1.82) is 0 Å². The van der Waals surface area contributed by atoms with E-state index in [0.29, 0.717) is 22.8 Å². The highest BCUT2D eigenvalue weighted by Crippen LogP contribution is 2.32. The number of anilines is 1. The van der Waals surface area contributed by atoms with Gasteiger partial charge in [0, 0.05) is 16.1 Å². The molecule has 0 aliphatic carbocycles. The number of halogens is 1. The molecule has 0 spiro atoms. The van der Waals surface area contributed by atoms with Crippen molar-refractivity contribution in [3.63, 3.8) is 0 Å². The second-order valence-corrected chi connectivity index (χ2v) is 5.26. The van der Waals surface area contributed by atoms with Crippen LogP contribution in [0.5, 0.6) is 0 Å². The van der Waals surface area contributed by atoms with Gasteiger partial charge in [0.2, 0.25) is 0 Å². The van der Waals surface area contributed by atoms with Crippen LogP contribution in [0, 0.1) is 0 Å². The number of ketones is 1. The van der Waals surface area contributed by atoms with E-state index in [4.69, 9.17) is 11.6 Å². The van der Waals surface area contributed by atoms with Crippen molar-refractivity contribution < 1.29 is 9.59 Å². The number of rotatable bonds is 2. The van der Waals surface area contributed by atoms with E-state index in [1.165, 1.54) is 22.3 Å². The van der Waals surface area contributed by atoms with Gasteiger partial charge in [-0.05, 0) is 18.2 Å². The quantitative estimate of drug-likeness (QED) is 0.793. The normalized spacial score (nSPS) is 14.2. The molecule has 1 aromatic heterocycles. The first-order chi connectivity index (χ1) is 8.66. The minimum Gasteiger partial charge on any atom is -0.299 e. The molecular weight excluding hydrogens is 272 g/mol. The summed E-state index contributed by atoms with van der Waals surface area (Å²) in [6, 6.07) is 4.90. The molecule has 0 N–H and O–H groups in total. The summed E-state index contributed by atoms with van der Waals surface area (Å²) in [5, 5.41) is 0.453. The van der Waals surface area contributed by atoms with E-state index in [2.05, 4.69) is 4.98 Å². The first-order valence-electron chi connectivity index (χ1n) is 5.20. The van der Waals surface area contributed by atoms with Crippen molar-refractivity contribution >= 4 is 40.3 Å². The number of carbonyl (C=O) groups is 2. The summed E-state index contributed by atoms with van der Waals surface area (Å²) in [5.74, 6) is -1.02. The molecule has 0 radical (unpaired) electrons. The Balaban J connectivity index is 2.02. The Morgan fingerprint density at radius 3 is 2.89 bits per heavy atom. The summed E-state index contributed by atoms with van der Waals surface area (Å²) < 4.78 is 0. The van der Waals surface area contributed by atoms with Crippen LogP contribution in [0.2, 0.25) is 5.02 Å². The molecule has 4 nitrogen and oxygen atoms in total. The van der Waals surface area contributed by atoms with Gasteiger partial charge in [-0.3, -0.25) is 19.5 Å². The fourth-order valence-corrected chi connectivity index (χ4v) is 2.66. The summed E-state index contributed by atoms with van der Waals surface area (Å²) in [7, 11) is 0. The number of aromatic nitrogens is 1. The molecular formula is C12H7ClN2O2S. The number of hydrogen-bond acceptors (Lipinski definition) is 4. The molecule has 3 rings (SSSR count). The Kier molecular flexibility index (Phi) is 2.65. The van der Waals surface area contributed by atoms with Gasteiger partial charge in [-0.15, -0.1) is 11.3 Å². The summed E-state index contributed by atoms with van der Waals surface area (Å²) in [5.41, 5.74) is 2.68. The Hall–Kier alpha value is -1.72. The minimum absolute atomic E-state index is 0.365. The topological polar surface area (TPSA) is 50.3 Å². The Labute approximate surface area is 112 Å². The van der Waals surface area contributed by atoms with Gasteiger partial charge in [-0.25, -0.2) is 0 Å². The van der Waals surface area contributed by atoms with Gasteiger partial charge in [-0.2, -0.15) is 0 Å². The maximum Gasteiger partial charge on any atom is 0.299 e. The zero-order chi connectivity index (χ0) is 12.7. The number of hydrogen-bond donors (Lipinski definition) is 0. The van der Waals surface area contributed by atoms with Crippen molar-refractivity contribution in [3.8, 4) is 0 Å². The molecule has 0 bridgehead atoms. The average Bonchev–Trinajstić information content (AvgIpc) is 2.94. The van der Waals surface area contributed by atoms with Crippen LogP contribution < -0.4 is 4.90 Å². The van der Waals surface area contributed by atoms with E-state index in [0.717, 1.165) is 4.88 Å². The van der Waals surface area contributed by atoms with E-state index in [-0.39, 0.29) is 0 Å². The SMILES string of the molecule is O=C1C(=O)N(Cc2cncs2)c2ccc(Cl)cc21. The lowest BCUT2D eigenvalue weighted by atomic mass is 10.1. The number of Topliss-reactive ketones (excluding diaryl/α,β-unsaturated/α-hetero) is 1. The molecule has 0 fully saturated rings. The van der Waals surface area contributed by atoms with Gasteiger partial charge in [0.25, 0.3) is 11.7 Å². The van der Waals surface area contributed by atoms with Crippen LogP contribution in [0.4, 0.5) is 5.69 Å². The maximum absolute atomic E-state index is 11.9. The standard InChI is InChI=1S/C12H7ClN2O2S/c13-7-1-2-10-9(3-7)11(16)12(17)15(10)5-8-4-14-6-18-8/h1-4,6H,5H2. The maximum atomic E-state index is 11.9. The highest BCUT2D eigenvalue weighted by molar-refractivity contribution is 7.09. The number of fused-ring (bicyclic) bond motifs is 1. The van der Waals surface area contributed by atoms with Gasteiger partial charge in [-0.1, -0.05) is 11.6 Å². The number of thiazole rings is 1. The predicted octanol–water partition coefficient (Wildman–Crippen LogP) is 2.53. The molecule has 6 heteroatoms. The molecule has 1 aromatic carbocycles. The fourth-order valence-electron chi connectivity index (χ4n) is 1.91. The lowest BCUT2D eigenvalue weighted by Gasteiger charge is -2.14. The van der Waals surface area contributed by atoms with Crippen LogP contribution in [0.3, 0.4) is 0 Å². The van der Waals surface area contributed by atoms with Gasteiger partial charge in [0.05, 0.1) is 23.3 Å². The Bertz CT molecular complexity index is 640. The van der Waals surface area contributed by atoms with Crippen LogP contribution in [-0.2, 0) is 11.3 Å². The second-order valence-electron chi connectivity index (χ2n) is 3.85. The summed E-state index contributed by atoms with van der Waals surface area (Å²) in [6.07, 6.45) is 1.69. The van der Waals surface area contributed by atoms with E-state index in [9.17, 15) is 9.59 Å². The average molecular weight is 279 g/mol. The summed E-state index contributed by atoms with van der Waals surface area (Å²) >= 11 is 7.29. The summed E-state index contributed by atoms with van der Waals surface area (Å²) in [4.78, 5) is 30.1. The molecule has 0 saturated carbocycles. The summed E-state index contributed by atoms with van der Waals surface area (Å²) in [6.45, 7) is 0.365. The molecule has 0 atom stereocenters. The van der Waals surface area contributed by atoms with Gasteiger partial charge in [0.15, 0.2) is 0 Å². The first-order valence-corrected chi connectivity index (χ1v) is 6.45. The number of carbonyl (C=O) groups excluding carboxylic acids is 2. The molecule has 1 aliphatic rings. The van der Waals surface area contributed by atoms with Gasteiger partial charge >= 0.3 is 0 Å². The van der Waals surface area contributed by atoms with Crippen LogP contribution in [0.15, 0.2) is 29.9 Å². The van der Waals surface area contributed by atoms with Gasteiger partial charge in [0.1, 0.15) is 0 Å². The zero-order valence-electron chi connectivity index (χ0n) is 9.09. The molecule has 18 heavy (non-hydrogen) atoms. The van der Waals surface area contributed by atoms with E-state index < -0.39 is 11.7 Å². The van der Waals surface area contributed by atoms with Crippen LogP contribution in [0.1, 0.15) is 15.2 Å². The molecule has 2 aromatic rings. The van der Waals surface area contributed by atoms with E-state index >= 15 is 0 Å². The van der Waals surface area contributed by atoms with Crippen molar-refractivity contribution in [3.05, 3.63) is 45.4 Å². The van der Waals surface area contributed by atoms with Crippen molar-refractivity contribution in [2.24, 2.45) is 0 Å². The third-order valence-electron chi connectivity index (χ3n) is 2.73. The molecule has 1 amide bonds. The minimum atomic E-state index is -0.513. The molecule has 1 aliphatic heterocycles. The molecule has 2 heterocycles. The van der Waals surface area contributed by atoms with Crippen LogP contribution in [0.25, 0.3) is 0 Å². The van der Waals surface area contributed by atoms with E-state index in [1.807, 2.05) is 0 Å². The fraction of sp³-hybridized carbons (Fsp3) is 0.0833. The van der Waals surface area contributed by atoms with Crippen LogP contribution >= 0.6 is 22.9 Å². The third-order valence-corrected chi connectivity index (χ3v) is 3.73. The lowest BCUT2D eigenvalue weighted by molar-refractivity contribution is -0.114. The lowest BCUT2D eigenvalue weighted by Crippen LogP contribution is -2.28. The van der Waals surface area contributed by atoms with Gasteiger partial charge < -0.3 is 0 Å². The van der Waals surface area contributed by atoms with E-state index in [1.54, 1.807) is 23.8 Å². The monoisotopic (exact) mass is 278 g/mol. The predicted molar refractivity (Wildman–Crippen MR) is 69.1 cm³/mol. The number of nitrogens with zero attached hydrogens (tertiary/aromatic N) is 2. The Morgan fingerprint density at radius 2 is 2.17 bits per heavy atom. The van der Waals surface area contributed by atoms with Crippen molar-refractivity contribution in [1.82, 2.24) is 4.98 Å². The van der Waals surface area contributed by atoms with Crippen molar-refractivity contribution in [2.75, 3.05) is 4.90 Å². The third kappa shape index (κ3) is 1.72. The number of amides is 1. The Morgan fingerprint density at radius 1 is 1.33 bits per heavy atom. The smallest absolute Gasteiger partial charge is 0.299 e. The highest BCUT2D eigenvalue weighted by atomic mass is 35.5. The molecule has 0 saturated heterocycles. The molecule has 90 valence electrons. The molecule has 0 unspecified atom stereocenters.